The molecule has 0 saturated carbocycles. The lowest BCUT2D eigenvalue weighted by Crippen LogP contribution is -2.39. The third-order valence-corrected chi connectivity index (χ3v) is 4.97. The van der Waals surface area contributed by atoms with E-state index in [9.17, 15) is 18.0 Å². The number of alkyl halides is 3. The second-order valence-corrected chi connectivity index (χ2v) is 7.36. The number of aliphatic carboxylic acids is 1. The lowest BCUT2D eigenvalue weighted by molar-refractivity contribution is -0.192. The van der Waals surface area contributed by atoms with Crippen molar-refractivity contribution in [2.45, 2.75) is 31.7 Å². The van der Waals surface area contributed by atoms with E-state index in [4.69, 9.17) is 14.3 Å². The summed E-state index contributed by atoms with van der Waals surface area (Å²) in [5, 5.41) is 18.6. The fourth-order valence-corrected chi connectivity index (χ4v) is 3.46. The van der Waals surface area contributed by atoms with E-state index < -0.39 is 12.1 Å². The van der Waals surface area contributed by atoms with Gasteiger partial charge >= 0.3 is 12.1 Å². The average molecular weight is 468 g/mol. The number of halogens is 3. The zero-order chi connectivity index (χ0) is 24.0. The van der Waals surface area contributed by atoms with Crippen LogP contribution in [0.1, 0.15) is 34.4 Å². The van der Waals surface area contributed by atoms with Crippen LogP contribution in [-0.4, -0.2) is 60.7 Å². The molecule has 4 heterocycles. The molecular weight excluding hydrogens is 445 g/mol. The molecule has 3 aromatic heterocycles. The number of aromatic nitrogens is 4. The van der Waals surface area contributed by atoms with Crippen molar-refractivity contribution in [3.63, 3.8) is 0 Å². The maximum atomic E-state index is 12.2. The van der Waals surface area contributed by atoms with Crippen molar-refractivity contribution in [2.24, 2.45) is 7.05 Å². The molecule has 2 N–H and O–H groups in total. The molecule has 13 heteroatoms. The Morgan fingerprint density at radius 1 is 1.24 bits per heavy atom. The molecule has 178 valence electrons. The van der Waals surface area contributed by atoms with Gasteiger partial charge in [-0.15, -0.1) is 0 Å². The predicted molar refractivity (Wildman–Crippen MR) is 108 cm³/mol. The van der Waals surface area contributed by atoms with Crippen LogP contribution >= 0.6 is 0 Å². The van der Waals surface area contributed by atoms with E-state index in [2.05, 4.69) is 31.2 Å². The van der Waals surface area contributed by atoms with Crippen molar-refractivity contribution in [1.82, 2.24) is 29.8 Å². The number of furan rings is 1. The predicted octanol–water partition coefficient (Wildman–Crippen LogP) is 2.22. The molecule has 0 bridgehead atoms. The third-order valence-electron chi connectivity index (χ3n) is 4.97. The summed E-state index contributed by atoms with van der Waals surface area (Å²) in [6.07, 6.45) is 0.896. The Hall–Kier alpha value is -3.61. The first kappa shape index (κ1) is 24.0. The maximum absolute atomic E-state index is 12.2. The molecule has 0 radical (unpaired) electrons. The minimum atomic E-state index is -5.08. The largest absolute Gasteiger partial charge is 0.490 e. The standard InChI is InChI=1S/C18H22N6O2.C2HF3O2/c1-22-17(6-9-20-22)18(25)19-7-4-14-11-23(13-16-3-2-10-26-16)12-15-5-8-21-24(14)15;3-2(4,5)1(6)7/h2-3,5-6,8-10,14H,4,7,11-13H2,1H3,(H,19,25);(H,6,7). The minimum absolute atomic E-state index is 0.103. The highest BCUT2D eigenvalue weighted by Crippen LogP contribution is 2.24. The highest BCUT2D eigenvalue weighted by molar-refractivity contribution is 5.92. The summed E-state index contributed by atoms with van der Waals surface area (Å²) < 4.78 is 40.9. The van der Waals surface area contributed by atoms with Gasteiger partial charge in [-0.1, -0.05) is 0 Å². The van der Waals surface area contributed by atoms with Gasteiger partial charge in [0.05, 0.1) is 24.5 Å². The zero-order valence-electron chi connectivity index (χ0n) is 17.7. The number of fused-ring (bicyclic) bond motifs is 1. The molecule has 0 aliphatic carbocycles. The van der Waals surface area contributed by atoms with E-state index in [1.54, 1.807) is 30.3 Å². The summed E-state index contributed by atoms with van der Waals surface area (Å²) in [6.45, 7) is 3.08. The third kappa shape index (κ3) is 6.44. The Labute approximate surface area is 186 Å². The van der Waals surface area contributed by atoms with Crippen molar-refractivity contribution in [1.29, 1.82) is 0 Å². The van der Waals surface area contributed by atoms with Crippen molar-refractivity contribution in [2.75, 3.05) is 13.1 Å². The zero-order valence-corrected chi connectivity index (χ0v) is 17.7. The first-order chi connectivity index (χ1) is 15.6. The van der Waals surface area contributed by atoms with E-state index in [-0.39, 0.29) is 11.9 Å². The normalized spacial score (nSPS) is 15.9. The number of nitrogens with zero attached hydrogens (tertiary/aromatic N) is 5. The summed E-state index contributed by atoms with van der Waals surface area (Å²) in [4.78, 5) is 23.5. The first-order valence-electron chi connectivity index (χ1n) is 9.98. The van der Waals surface area contributed by atoms with Crippen LogP contribution in [-0.2, 0) is 24.9 Å². The highest BCUT2D eigenvalue weighted by Gasteiger charge is 2.38. The van der Waals surface area contributed by atoms with Gasteiger partial charge in [0.2, 0.25) is 0 Å². The number of hydrogen-bond acceptors (Lipinski definition) is 6. The monoisotopic (exact) mass is 468 g/mol. The first-order valence-corrected chi connectivity index (χ1v) is 9.98. The Morgan fingerprint density at radius 2 is 1.97 bits per heavy atom. The lowest BCUT2D eigenvalue weighted by Gasteiger charge is -2.33. The van der Waals surface area contributed by atoms with Gasteiger partial charge in [-0.05, 0) is 30.7 Å². The van der Waals surface area contributed by atoms with Gasteiger partial charge in [0.25, 0.3) is 5.91 Å². The van der Waals surface area contributed by atoms with Crippen molar-refractivity contribution >= 4 is 11.9 Å². The maximum Gasteiger partial charge on any atom is 0.490 e. The molecule has 10 nitrogen and oxygen atoms in total. The van der Waals surface area contributed by atoms with Crippen LogP contribution in [0.15, 0.2) is 47.3 Å². The molecule has 0 spiro atoms. The van der Waals surface area contributed by atoms with E-state index in [1.807, 2.05) is 18.3 Å². The quantitative estimate of drug-likeness (QED) is 0.570. The summed E-state index contributed by atoms with van der Waals surface area (Å²) >= 11 is 0. The Bertz CT molecular complexity index is 1060. The molecule has 1 unspecified atom stereocenters. The van der Waals surface area contributed by atoms with E-state index >= 15 is 0 Å². The van der Waals surface area contributed by atoms with Crippen LogP contribution in [0, 0.1) is 0 Å². The molecule has 1 atom stereocenters. The molecule has 0 aromatic carbocycles. The molecule has 1 aliphatic rings. The summed E-state index contributed by atoms with van der Waals surface area (Å²) in [7, 11) is 1.76. The van der Waals surface area contributed by atoms with Gasteiger partial charge in [0, 0.05) is 39.1 Å². The molecule has 4 rings (SSSR count). The molecule has 0 fully saturated rings. The summed E-state index contributed by atoms with van der Waals surface area (Å²) in [5.41, 5.74) is 1.75. The number of carbonyl (C=O) groups excluding carboxylic acids is 1. The van der Waals surface area contributed by atoms with Crippen LogP contribution in [0.3, 0.4) is 0 Å². The van der Waals surface area contributed by atoms with E-state index in [0.717, 1.165) is 31.8 Å². The molecule has 1 aliphatic heterocycles. The molecule has 0 saturated heterocycles. The Kier molecular flexibility index (Phi) is 7.53. The molecular formula is C20H23F3N6O4. The van der Waals surface area contributed by atoms with Crippen molar-refractivity contribution in [3.05, 3.63) is 60.1 Å². The average Bonchev–Trinajstić information content (AvgIpc) is 3.49. The number of carboxylic acids is 1. The minimum Gasteiger partial charge on any atom is -0.475 e. The second kappa shape index (κ2) is 10.3. The van der Waals surface area contributed by atoms with Crippen LogP contribution < -0.4 is 5.32 Å². The highest BCUT2D eigenvalue weighted by atomic mass is 19.4. The van der Waals surface area contributed by atoms with Gasteiger partial charge in [-0.2, -0.15) is 23.4 Å². The molecule has 3 aromatic rings. The number of rotatable bonds is 6. The number of carbonyl (C=O) groups is 2. The second-order valence-electron chi connectivity index (χ2n) is 7.36. The van der Waals surface area contributed by atoms with Crippen molar-refractivity contribution < 1.29 is 32.3 Å². The fraction of sp³-hybridized carbons (Fsp3) is 0.400. The van der Waals surface area contributed by atoms with Crippen molar-refractivity contribution in [3.8, 4) is 0 Å². The topological polar surface area (TPSA) is 118 Å². The fourth-order valence-electron chi connectivity index (χ4n) is 3.46. The number of carboxylic acid groups (broad SMARTS) is 1. The summed E-state index contributed by atoms with van der Waals surface area (Å²) in [6, 6.07) is 7.89. The van der Waals surface area contributed by atoms with Gasteiger partial charge in [0.1, 0.15) is 11.5 Å². The number of aryl methyl sites for hydroxylation is 1. The SMILES string of the molecule is Cn1nccc1C(=O)NCCC1CN(Cc2ccco2)Cc2ccnn21.O=C(O)C(F)(F)F. The van der Waals surface area contributed by atoms with Gasteiger partial charge < -0.3 is 14.8 Å². The van der Waals surface area contributed by atoms with Gasteiger partial charge in [-0.25, -0.2) is 4.79 Å². The molecule has 33 heavy (non-hydrogen) atoms. The van der Waals surface area contributed by atoms with E-state index in [0.29, 0.717) is 12.2 Å². The molecule has 1 amide bonds. The Morgan fingerprint density at radius 3 is 2.58 bits per heavy atom. The lowest BCUT2D eigenvalue weighted by atomic mass is 10.1. The number of nitrogens with one attached hydrogen (secondary N) is 1. The van der Waals surface area contributed by atoms with E-state index in [1.165, 1.54) is 5.69 Å². The van der Waals surface area contributed by atoms with Crippen LogP contribution in [0.4, 0.5) is 13.2 Å². The number of amides is 1. The van der Waals surface area contributed by atoms with Crippen LogP contribution in [0.2, 0.25) is 0 Å². The number of hydrogen-bond donors (Lipinski definition) is 2. The summed E-state index contributed by atoms with van der Waals surface area (Å²) in [5.74, 6) is -1.90. The van der Waals surface area contributed by atoms with Gasteiger partial charge in [-0.3, -0.25) is 19.1 Å². The van der Waals surface area contributed by atoms with Gasteiger partial charge in [0.15, 0.2) is 0 Å². The van der Waals surface area contributed by atoms with Crippen LogP contribution in [0.5, 0.6) is 0 Å². The smallest absolute Gasteiger partial charge is 0.475 e. The van der Waals surface area contributed by atoms with Crippen LogP contribution in [0.25, 0.3) is 0 Å². The Balaban J connectivity index is 0.000000383.